The molecule has 0 bridgehead atoms. The van der Waals surface area contributed by atoms with Crippen LogP contribution in [-0.2, 0) is 0 Å². The van der Waals surface area contributed by atoms with Crippen molar-refractivity contribution in [2.45, 2.75) is 58.5 Å². The Hall–Kier alpha value is -0.770. The standard InChI is InChI=1S/C11H24N4/c1-4-8-13-11(12)14-15-9(2)6-5-7-10(15)3/h9-10H,4-8H2,1-3H3,(H3,12,13,14). The maximum absolute atomic E-state index is 5.81. The van der Waals surface area contributed by atoms with E-state index in [0.717, 1.165) is 13.0 Å². The molecule has 1 heterocycles. The van der Waals surface area contributed by atoms with E-state index in [1.54, 1.807) is 0 Å². The van der Waals surface area contributed by atoms with E-state index in [2.05, 4.69) is 36.2 Å². The van der Waals surface area contributed by atoms with E-state index in [-0.39, 0.29) is 0 Å². The zero-order valence-corrected chi connectivity index (χ0v) is 10.2. The molecule has 15 heavy (non-hydrogen) atoms. The Morgan fingerprint density at radius 3 is 2.53 bits per heavy atom. The number of piperidine rings is 1. The molecule has 0 saturated carbocycles. The fourth-order valence-electron chi connectivity index (χ4n) is 2.04. The summed E-state index contributed by atoms with van der Waals surface area (Å²) in [6, 6.07) is 1.09. The molecule has 88 valence electrons. The zero-order chi connectivity index (χ0) is 11.3. The highest BCUT2D eigenvalue weighted by Crippen LogP contribution is 2.19. The minimum atomic E-state index is 0.545. The molecule has 0 amide bonds. The lowest BCUT2D eigenvalue weighted by molar-refractivity contribution is 0.0734. The third-order valence-electron chi connectivity index (χ3n) is 2.94. The van der Waals surface area contributed by atoms with E-state index in [1.807, 2.05) is 0 Å². The van der Waals surface area contributed by atoms with Gasteiger partial charge >= 0.3 is 0 Å². The van der Waals surface area contributed by atoms with Crippen LogP contribution in [0.25, 0.3) is 0 Å². The van der Waals surface area contributed by atoms with Gasteiger partial charge in [0.05, 0.1) is 0 Å². The summed E-state index contributed by atoms with van der Waals surface area (Å²) in [4.78, 5) is 4.25. The first-order chi connectivity index (χ1) is 7.15. The maximum atomic E-state index is 5.81. The SMILES string of the molecule is CCCN=C(N)NN1C(C)CCCC1C. The normalized spacial score (nSPS) is 29.1. The Morgan fingerprint density at radius 2 is 2.00 bits per heavy atom. The fraction of sp³-hybridized carbons (Fsp3) is 0.909. The second-order valence-electron chi connectivity index (χ2n) is 4.41. The van der Waals surface area contributed by atoms with Gasteiger partial charge in [-0.05, 0) is 33.1 Å². The van der Waals surface area contributed by atoms with Crippen LogP contribution in [-0.4, -0.2) is 29.6 Å². The number of hydrogen-bond donors (Lipinski definition) is 2. The molecule has 0 spiro atoms. The van der Waals surface area contributed by atoms with Gasteiger partial charge in [0.2, 0.25) is 5.96 Å². The van der Waals surface area contributed by atoms with Crippen molar-refractivity contribution in [1.82, 2.24) is 10.4 Å². The lowest BCUT2D eigenvalue weighted by Gasteiger charge is -2.38. The maximum Gasteiger partial charge on any atom is 0.203 e. The van der Waals surface area contributed by atoms with Crippen LogP contribution in [0.3, 0.4) is 0 Å². The summed E-state index contributed by atoms with van der Waals surface area (Å²) in [5.74, 6) is 0.553. The van der Waals surface area contributed by atoms with Gasteiger partial charge in [0.25, 0.3) is 0 Å². The highest BCUT2D eigenvalue weighted by atomic mass is 15.6. The van der Waals surface area contributed by atoms with Crippen molar-refractivity contribution in [1.29, 1.82) is 0 Å². The molecule has 0 radical (unpaired) electrons. The number of nitrogens with one attached hydrogen (secondary N) is 1. The number of rotatable bonds is 3. The van der Waals surface area contributed by atoms with Gasteiger partial charge in [-0.2, -0.15) is 0 Å². The van der Waals surface area contributed by atoms with Crippen LogP contribution in [0.2, 0.25) is 0 Å². The molecule has 1 fully saturated rings. The fourth-order valence-corrected chi connectivity index (χ4v) is 2.04. The minimum absolute atomic E-state index is 0.545. The molecule has 0 aromatic rings. The molecule has 0 aliphatic carbocycles. The number of hydrazine groups is 1. The lowest BCUT2D eigenvalue weighted by Crippen LogP contribution is -2.56. The first-order valence-corrected chi connectivity index (χ1v) is 6.00. The molecule has 2 unspecified atom stereocenters. The van der Waals surface area contributed by atoms with Crippen LogP contribution in [0.4, 0.5) is 0 Å². The quantitative estimate of drug-likeness (QED) is 0.550. The van der Waals surface area contributed by atoms with E-state index >= 15 is 0 Å². The van der Waals surface area contributed by atoms with Gasteiger partial charge in [0.15, 0.2) is 0 Å². The summed E-state index contributed by atoms with van der Waals surface area (Å²) < 4.78 is 0. The molecule has 1 rings (SSSR count). The van der Waals surface area contributed by atoms with Crippen LogP contribution >= 0.6 is 0 Å². The molecule has 0 aromatic heterocycles. The Labute approximate surface area is 92.9 Å². The van der Waals surface area contributed by atoms with Crippen LogP contribution in [0.5, 0.6) is 0 Å². The highest BCUT2D eigenvalue weighted by Gasteiger charge is 2.24. The summed E-state index contributed by atoms with van der Waals surface area (Å²) in [5, 5.41) is 2.23. The van der Waals surface area contributed by atoms with Crippen LogP contribution in [0, 0.1) is 0 Å². The molecule has 1 aliphatic rings. The first kappa shape index (κ1) is 12.3. The number of nitrogens with two attached hydrogens (primary N) is 1. The number of nitrogens with zero attached hydrogens (tertiary/aromatic N) is 2. The summed E-state index contributed by atoms with van der Waals surface area (Å²) in [6.07, 6.45) is 4.82. The molecular formula is C11H24N4. The molecular weight excluding hydrogens is 188 g/mol. The number of hydrogen-bond acceptors (Lipinski definition) is 2. The van der Waals surface area contributed by atoms with Crippen LogP contribution in [0.15, 0.2) is 4.99 Å². The largest absolute Gasteiger partial charge is 0.369 e. The second kappa shape index (κ2) is 5.95. The summed E-state index contributed by atoms with van der Waals surface area (Å²) >= 11 is 0. The minimum Gasteiger partial charge on any atom is -0.369 e. The first-order valence-electron chi connectivity index (χ1n) is 6.00. The van der Waals surface area contributed by atoms with E-state index in [0.29, 0.717) is 18.0 Å². The van der Waals surface area contributed by atoms with Crippen molar-refractivity contribution in [2.24, 2.45) is 10.7 Å². The van der Waals surface area contributed by atoms with Gasteiger partial charge in [-0.1, -0.05) is 13.3 Å². The predicted molar refractivity (Wildman–Crippen MR) is 64.5 cm³/mol. The van der Waals surface area contributed by atoms with E-state index < -0.39 is 0 Å². The van der Waals surface area contributed by atoms with E-state index in [4.69, 9.17) is 5.73 Å². The third-order valence-corrected chi connectivity index (χ3v) is 2.94. The van der Waals surface area contributed by atoms with Crippen molar-refractivity contribution in [3.05, 3.63) is 0 Å². The Balaban J connectivity index is 2.47. The molecule has 1 saturated heterocycles. The molecule has 0 aromatic carbocycles. The highest BCUT2D eigenvalue weighted by molar-refractivity contribution is 5.77. The van der Waals surface area contributed by atoms with Crippen molar-refractivity contribution in [3.8, 4) is 0 Å². The predicted octanol–water partition coefficient (Wildman–Crippen LogP) is 1.48. The Morgan fingerprint density at radius 1 is 1.40 bits per heavy atom. The van der Waals surface area contributed by atoms with Crippen LogP contribution in [0.1, 0.15) is 46.5 Å². The second-order valence-corrected chi connectivity index (χ2v) is 4.41. The smallest absolute Gasteiger partial charge is 0.203 e. The van der Waals surface area contributed by atoms with E-state index in [1.165, 1.54) is 19.3 Å². The average molecular weight is 212 g/mol. The van der Waals surface area contributed by atoms with Gasteiger partial charge in [0.1, 0.15) is 0 Å². The Bertz CT molecular complexity index is 205. The summed E-state index contributed by atoms with van der Waals surface area (Å²) in [6.45, 7) is 7.36. The van der Waals surface area contributed by atoms with Gasteiger partial charge < -0.3 is 5.73 Å². The zero-order valence-electron chi connectivity index (χ0n) is 10.2. The number of guanidine groups is 1. The van der Waals surface area contributed by atoms with E-state index in [9.17, 15) is 0 Å². The van der Waals surface area contributed by atoms with Gasteiger partial charge in [-0.25, -0.2) is 5.01 Å². The van der Waals surface area contributed by atoms with Crippen molar-refractivity contribution in [3.63, 3.8) is 0 Å². The van der Waals surface area contributed by atoms with Crippen molar-refractivity contribution in [2.75, 3.05) is 6.54 Å². The topological polar surface area (TPSA) is 53.6 Å². The van der Waals surface area contributed by atoms with Gasteiger partial charge in [0, 0.05) is 18.6 Å². The van der Waals surface area contributed by atoms with Crippen molar-refractivity contribution < 1.29 is 0 Å². The molecule has 3 N–H and O–H groups in total. The average Bonchev–Trinajstić information content (AvgIpc) is 2.21. The molecule has 1 aliphatic heterocycles. The summed E-state index contributed by atoms with van der Waals surface area (Å²) in [5.41, 5.74) is 9.03. The third kappa shape index (κ3) is 3.70. The monoisotopic (exact) mass is 212 g/mol. The molecule has 2 atom stereocenters. The molecule has 4 heteroatoms. The lowest BCUT2D eigenvalue weighted by atomic mass is 10.00. The van der Waals surface area contributed by atoms with Crippen LogP contribution < -0.4 is 11.2 Å². The summed E-state index contributed by atoms with van der Waals surface area (Å²) in [7, 11) is 0. The van der Waals surface area contributed by atoms with Crippen molar-refractivity contribution >= 4 is 5.96 Å². The van der Waals surface area contributed by atoms with Gasteiger partial charge in [-0.3, -0.25) is 10.4 Å². The van der Waals surface area contributed by atoms with Gasteiger partial charge in [-0.15, -0.1) is 0 Å². The molecule has 4 nitrogen and oxygen atoms in total. The number of aliphatic imine (C=N–C) groups is 1. The Kier molecular flexibility index (Phi) is 4.88.